The van der Waals surface area contributed by atoms with E-state index in [1.165, 1.54) is 12.1 Å². The predicted octanol–water partition coefficient (Wildman–Crippen LogP) is 4.75. The molecule has 0 atom stereocenters. The van der Waals surface area contributed by atoms with Crippen LogP contribution in [0.25, 0.3) is 28.1 Å². The van der Waals surface area contributed by atoms with Gasteiger partial charge >= 0.3 is 0 Å². The van der Waals surface area contributed by atoms with Gasteiger partial charge in [0, 0.05) is 11.6 Å². The molecule has 2 heterocycles. The zero-order valence-electron chi connectivity index (χ0n) is 14.1. The summed E-state index contributed by atoms with van der Waals surface area (Å²) in [5.74, 6) is 1.42. The molecule has 0 aliphatic carbocycles. The number of para-hydroxylation sites is 2. The molecule has 1 aromatic heterocycles. The first-order valence-electron chi connectivity index (χ1n) is 8.15. The SMILES string of the molecule is NS(=O)(=O)c1cc2c3c(c1)nc(-c1cccc(Cl)c1Cl)n3-c1ccccc1O2. The van der Waals surface area contributed by atoms with Gasteiger partial charge in [-0.2, -0.15) is 0 Å². The number of sulfonamides is 1. The average molecular weight is 432 g/mol. The van der Waals surface area contributed by atoms with Crippen LogP contribution in [0.2, 0.25) is 10.0 Å². The van der Waals surface area contributed by atoms with Gasteiger partial charge in [-0.25, -0.2) is 18.5 Å². The second-order valence-electron chi connectivity index (χ2n) is 6.28. The van der Waals surface area contributed by atoms with Gasteiger partial charge in [0.05, 0.1) is 26.1 Å². The van der Waals surface area contributed by atoms with Crippen LogP contribution in [-0.4, -0.2) is 18.0 Å². The minimum atomic E-state index is -3.94. The number of imidazole rings is 1. The lowest BCUT2D eigenvalue weighted by atomic mass is 10.2. The van der Waals surface area contributed by atoms with E-state index in [0.717, 1.165) is 5.69 Å². The Morgan fingerprint density at radius 1 is 1.00 bits per heavy atom. The van der Waals surface area contributed by atoms with E-state index < -0.39 is 10.0 Å². The zero-order valence-corrected chi connectivity index (χ0v) is 16.4. The Morgan fingerprint density at radius 2 is 1.79 bits per heavy atom. The first-order chi connectivity index (χ1) is 13.3. The van der Waals surface area contributed by atoms with Crippen molar-refractivity contribution in [3.63, 3.8) is 0 Å². The fraction of sp³-hybridized carbons (Fsp3) is 0. The van der Waals surface area contributed by atoms with Crippen LogP contribution in [0.4, 0.5) is 0 Å². The lowest BCUT2D eigenvalue weighted by molar-refractivity contribution is 0.474. The van der Waals surface area contributed by atoms with Gasteiger partial charge in [-0.3, -0.25) is 4.57 Å². The Morgan fingerprint density at radius 3 is 2.57 bits per heavy atom. The number of aromatic nitrogens is 2. The van der Waals surface area contributed by atoms with Crippen molar-refractivity contribution < 1.29 is 13.2 Å². The monoisotopic (exact) mass is 431 g/mol. The maximum atomic E-state index is 11.9. The summed E-state index contributed by atoms with van der Waals surface area (Å²) in [6.07, 6.45) is 0. The minimum Gasteiger partial charge on any atom is -0.453 e. The molecule has 140 valence electrons. The van der Waals surface area contributed by atoms with Crippen LogP contribution in [0.1, 0.15) is 0 Å². The number of benzene rings is 3. The largest absolute Gasteiger partial charge is 0.453 e. The Bertz CT molecular complexity index is 1400. The molecular formula is C19H11Cl2N3O3S. The van der Waals surface area contributed by atoms with Gasteiger partial charge in [0.25, 0.3) is 0 Å². The van der Waals surface area contributed by atoms with Crippen molar-refractivity contribution in [1.29, 1.82) is 0 Å². The molecule has 5 rings (SSSR count). The highest BCUT2D eigenvalue weighted by atomic mass is 35.5. The standard InChI is InChI=1S/C19H11Cl2N3O3S/c20-12-5-3-4-11(17(12)21)19-23-13-8-10(28(22,25)26)9-16-18(13)24(19)14-6-1-2-7-15(14)27-16/h1-9H,(H2,22,25,26). The molecule has 0 unspecified atom stereocenters. The summed E-state index contributed by atoms with van der Waals surface area (Å²) >= 11 is 12.6. The number of nitrogens with zero attached hydrogens (tertiary/aromatic N) is 2. The van der Waals surface area contributed by atoms with Crippen LogP contribution in [0.15, 0.2) is 59.5 Å². The highest BCUT2D eigenvalue weighted by molar-refractivity contribution is 7.89. The third-order valence-electron chi connectivity index (χ3n) is 4.54. The number of ether oxygens (including phenoxy) is 1. The maximum Gasteiger partial charge on any atom is 0.238 e. The number of halogens is 2. The molecule has 9 heteroatoms. The molecule has 0 fully saturated rings. The molecule has 6 nitrogen and oxygen atoms in total. The molecule has 0 radical (unpaired) electrons. The number of fused-ring (bicyclic) bond motifs is 2. The number of primary sulfonamides is 1. The summed E-state index contributed by atoms with van der Waals surface area (Å²) in [5, 5.41) is 6.08. The van der Waals surface area contributed by atoms with Crippen molar-refractivity contribution in [2.75, 3.05) is 0 Å². The van der Waals surface area contributed by atoms with E-state index in [1.54, 1.807) is 24.3 Å². The van der Waals surface area contributed by atoms with E-state index in [9.17, 15) is 8.42 Å². The third kappa shape index (κ3) is 2.51. The van der Waals surface area contributed by atoms with Gasteiger partial charge in [-0.05, 0) is 30.3 Å². The van der Waals surface area contributed by atoms with Crippen LogP contribution in [0, 0.1) is 0 Å². The highest BCUT2D eigenvalue weighted by Gasteiger charge is 2.28. The van der Waals surface area contributed by atoms with Gasteiger partial charge in [-0.15, -0.1) is 0 Å². The predicted molar refractivity (Wildman–Crippen MR) is 108 cm³/mol. The number of hydrogen-bond donors (Lipinski definition) is 1. The number of nitrogens with two attached hydrogens (primary N) is 1. The Balaban J connectivity index is 1.95. The molecule has 1 aliphatic heterocycles. The minimum absolute atomic E-state index is 0.0808. The fourth-order valence-electron chi connectivity index (χ4n) is 3.33. The lowest BCUT2D eigenvalue weighted by Crippen LogP contribution is -2.13. The van der Waals surface area contributed by atoms with Crippen molar-refractivity contribution in [2.45, 2.75) is 4.90 Å². The van der Waals surface area contributed by atoms with Crippen LogP contribution in [-0.2, 0) is 10.0 Å². The molecule has 4 aromatic rings. The average Bonchev–Trinajstić information content (AvgIpc) is 3.04. The van der Waals surface area contributed by atoms with Gasteiger partial charge in [-0.1, -0.05) is 41.4 Å². The van der Waals surface area contributed by atoms with Crippen LogP contribution in [0.3, 0.4) is 0 Å². The van der Waals surface area contributed by atoms with Gasteiger partial charge in [0.15, 0.2) is 11.5 Å². The smallest absolute Gasteiger partial charge is 0.238 e. The molecule has 0 amide bonds. The van der Waals surface area contributed by atoms with E-state index in [4.69, 9.17) is 33.1 Å². The van der Waals surface area contributed by atoms with E-state index in [1.807, 2.05) is 22.8 Å². The van der Waals surface area contributed by atoms with Crippen molar-refractivity contribution in [3.05, 3.63) is 64.6 Å². The Labute approximate surface area is 170 Å². The second kappa shape index (κ2) is 5.96. The third-order valence-corrected chi connectivity index (χ3v) is 6.25. The zero-order chi connectivity index (χ0) is 19.6. The molecule has 2 N–H and O–H groups in total. The van der Waals surface area contributed by atoms with Gasteiger partial charge in [0.2, 0.25) is 10.0 Å². The van der Waals surface area contributed by atoms with Crippen molar-refractivity contribution in [3.8, 4) is 28.6 Å². The fourth-order valence-corrected chi connectivity index (χ4v) is 4.26. The van der Waals surface area contributed by atoms with Crippen molar-refractivity contribution in [1.82, 2.24) is 9.55 Å². The molecule has 3 aromatic carbocycles. The summed E-state index contributed by atoms with van der Waals surface area (Å²) in [6.45, 7) is 0. The van der Waals surface area contributed by atoms with Crippen LogP contribution in [0.5, 0.6) is 11.5 Å². The van der Waals surface area contributed by atoms with E-state index in [-0.39, 0.29) is 4.90 Å². The van der Waals surface area contributed by atoms with Crippen LogP contribution < -0.4 is 9.88 Å². The quantitative estimate of drug-likeness (QED) is 0.436. The molecule has 28 heavy (non-hydrogen) atoms. The molecule has 0 bridgehead atoms. The maximum absolute atomic E-state index is 11.9. The summed E-state index contributed by atoms with van der Waals surface area (Å²) in [7, 11) is -3.94. The summed E-state index contributed by atoms with van der Waals surface area (Å²) in [5.41, 5.74) is 2.41. The molecular weight excluding hydrogens is 421 g/mol. The van der Waals surface area contributed by atoms with Crippen LogP contribution >= 0.6 is 23.2 Å². The second-order valence-corrected chi connectivity index (χ2v) is 8.62. The van der Waals surface area contributed by atoms with Gasteiger partial charge in [0.1, 0.15) is 11.3 Å². The lowest BCUT2D eigenvalue weighted by Gasteiger charge is -2.21. The normalized spacial score (nSPS) is 12.7. The first kappa shape index (κ1) is 17.5. The summed E-state index contributed by atoms with van der Waals surface area (Å²) in [6, 6.07) is 15.5. The van der Waals surface area contributed by atoms with E-state index >= 15 is 0 Å². The Kier molecular flexibility index (Phi) is 3.73. The molecule has 0 spiro atoms. The highest BCUT2D eigenvalue weighted by Crippen LogP contribution is 2.45. The van der Waals surface area contributed by atoms with Gasteiger partial charge < -0.3 is 4.74 Å². The number of hydrogen-bond acceptors (Lipinski definition) is 4. The summed E-state index contributed by atoms with van der Waals surface area (Å²) < 4.78 is 31.7. The van der Waals surface area contributed by atoms with E-state index in [0.29, 0.717) is 44.0 Å². The number of rotatable bonds is 2. The molecule has 0 saturated carbocycles. The molecule has 1 aliphatic rings. The first-order valence-corrected chi connectivity index (χ1v) is 10.5. The molecule has 0 saturated heterocycles. The van der Waals surface area contributed by atoms with Crippen molar-refractivity contribution >= 4 is 44.3 Å². The van der Waals surface area contributed by atoms with Crippen molar-refractivity contribution in [2.24, 2.45) is 5.14 Å². The topological polar surface area (TPSA) is 87.2 Å². The Hall–Kier alpha value is -2.58. The summed E-state index contributed by atoms with van der Waals surface area (Å²) in [4.78, 5) is 4.57. The van der Waals surface area contributed by atoms with E-state index in [2.05, 4.69) is 4.98 Å².